The number of amides is 1. The van der Waals surface area contributed by atoms with E-state index in [0.29, 0.717) is 16.1 Å². The molecule has 17 heavy (non-hydrogen) atoms. The number of nitrogens with one attached hydrogen (secondary N) is 1. The molecule has 1 aromatic heterocycles. The summed E-state index contributed by atoms with van der Waals surface area (Å²) in [6, 6.07) is 0. The molecule has 0 aromatic carbocycles. The van der Waals surface area contributed by atoms with Gasteiger partial charge in [-0.25, -0.2) is 4.98 Å². The molecule has 1 fully saturated rings. The van der Waals surface area contributed by atoms with E-state index in [1.165, 1.54) is 11.3 Å². The molecule has 2 atom stereocenters. The fourth-order valence-electron chi connectivity index (χ4n) is 1.92. The number of carbonyl (C=O) groups excluding carboxylic acids is 1. The molecule has 0 saturated carbocycles. The number of carbonyl (C=O) groups is 1. The van der Waals surface area contributed by atoms with Gasteiger partial charge in [0.25, 0.3) is 0 Å². The van der Waals surface area contributed by atoms with Crippen molar-refractivity contribution < 1.29 is 9.53 Å². The van der Waals surface area contributed by atoms with E-state index in [2.05, 4.69) is 17.2 Å². The molecule has 1 aliphatic rings. The van der Waals surface area contributed by atoms with E-state index in [4.69, 9.17) is 16.3 Å². The first-order valence-electron chi connectivity index (χ1n) is 5.72. The van der Waals surface area contributed by atoms with Crippen LogP contribution in [0.2, 0.25) is 4.34 Å². The number of nitrogens with zero attached hydrogens (tertiary/aromatic N) is 1. The molecule has 0 aliphatic carbocycles. The van der Waals surface area contributed by atoms with E-state index < -0.39 is 0 Å². The maximum absolute atomic E-state index is 12.0. The predicted molar refractivity (Wildman–Crippen MR) is 68.5 cm³/mol. The standard InChI is InChI=1S/C11H15ClN2O2S/c1-2-8-5-7(3-4-16-8)10(15)14-11-13-6-9(12)17-11/h6-8H,2-5H2,1H3,(H,13,14,15)/t7-,8-/m0/s1. The molecular weight excluding hydrogens is 260 g/mol. The summed E-state index contributed by atoms with van der Waals surface area (Å²) >= 11 is 7.04. The summed E-state index contributed by atoms with van der Waals surface area (Å²) in [6.45, 7) is 2.74. The zero-order valence-electron chi connectivity index (χ0n) is 9.61. The van der Waals surface area contributed by atoms with Crippen molar-refractivity contribution in [1.82, 2.24) is 4.98 Å². The van der Waals surface area contributed by atoms with Gasteiger partial charge in [-0.1, -0.05) is 29.9 Å². The Kier molecular flexibility index (Phi) is 4.36. The van der Waals surface area contributed by atoms with Crippen molar-refractivity contribution in [3.05, 3.63) is 10.5 Å². The van der Waals surface area contributed by atoms with Crippen LogP contribution < -0.4 is 5.32 Å². The minimum Gasteiger partial charge on any atom is -0.378 e. The van der Waals surface area contributed by atoms with Crippen molar-refractivity contribution in [3.63, 3.8) is 0 Å². The largest absolute Gasteiger partial charge is 0.378 e. The van der Waals surface area contributed by atoms with Gasteiger partial charge < -0.3 is 10.1 Å². The SMILES string of the molecule is CC[C@H]1C[C@@H](C(=O)Nc2ncc(Cl)s2)CCO1. The number of rotatable bonds is 3. The molecule has 1 aromatic rings. The zero-order valence-corrected chi connectivity index (χ0v) is 11.2. The molecule has 1 saturated heterocycles. The van der Waals surface area contributed by atoms with Crippen molar-refractivity contribution >= 4 is 34.0 Å². The summed E-state index contributed by atoms with van der Waals surface area (Å²) in [7, 11) is 0. The fraction of sp³-hybridized carbons (Fsp3) is 0.636. The maximum atomic E-state index is 12.0. The molecule has 1 amide bonds. The Hall–Kier alpha value is -0.650. The van der Waals surface area contributed by atoms with Crippen molar-refractivity contribution in [2.45, 2.75) is 32.3 Å². The van der Waals surface area contributed by atoms with Crippen LogP contribution in [0.3, 0.4) is 0 Å². The number of anilines is 1. The Labute approximate surface area is 109 Å². The Morgan fingerprint density at radius 2 is 2.59 bits per heavy atom. The van der Waals surface area contributed by atoms with Crippen LogP contribution in [0.25, 0.3) is 0 Å². The molecule has 1 N–H and O–H groups in total. The normalized spacial score (nSPS) is 24.6. The molecule has 0 unspecified atom stereocenters. The molecule has 0 bridgehead atoms. The van der Waals surface area contributed by atoms with Gasteiger partial charge in [0.05, 0.1) is 12.3 Å². The lowest BCUT2D eigenvalue weighted by Crippen LogP contribution is -2.33. The van der Waals surface area contributed by atoms with Gasteiger partial charge in [0, 0.05) is 12.5 Å². The molecule has 0 spiro atoms. The van der Waals surface area contributed by atoms with Crippen LogP contribution in [-0.2, 0) is 9.53 Å². The van der Waals surface area contributed by atoms with Gasteiger partial charge in [0.1, 0.15) is 4.34 Å². The lowest BCUT2D eigenvalue weighted by atomic mass is 9.94. The lowest BCUT2D eigenvalue weighted by Gasteiger charge is -2.27. The highest BCUT2D eigenvalue weighted by molar-refractivity contribution is 7.19. The van der Waals surface area contributed by atoms with Crippen molar-refractivity contribution in [3.8, 4) is 0 Å². The van der Waals surface area contributed by atoms with E-state index >= 15 is 0 Å². The molecular formula is C11H15ClN2O2S. The predicted octanol–water partition coefficient (Wildman–Crippen LogP) is 2.94. The second-order valence-electron chi connectivity index (χ2n) is 4.08. The number of thiazole rings is 1. The van der Waals surface area contributed by atoms with Crippen LogP contribution >= 0.6 is 22.9 Å². The molecule has 94 valence electrons. The first kappa shape index (κ1) is 12.8. The topological polar surface area (TPSA) is 51.2 Å². The van der Waals surface area contributed by atoms with E-state index in [-0.39, 0.29) is 17.9 Å². The highest BCUT2D eigenvalue weighted by Crippen LogP contribution is 2.26. The number of hydrogen-bond donors (Lipinski definition) is 1. The van der Waals surface area contributed by atoms with Crippen LogP contribution in [0.15, 0.2) is 6.20 Å². The second-order valence-corrected chi connectivity index (χ2v) is 5.74. The lowest BCUT2D eigenvalue weighted by molar-refractivity contribution is -0.124. The third-order valence-corrected chi connectivity index (χ3v) is 3.93. The van der Waals surface area contributed by atoms with Gasteiger partial charge in [-0.2, -0.15) is 0 Å². The highest BCUT2D eigenvalue weighted by atomic mass is 35.5. The van der Waals surface area contributed by atoms with E-state index in [9.17, 15) is 4.79 Å². The van der Waals surface area contributed by atoms with Crippen LogP contribution in [0.4, 0.5) is 5.13 Å². The Morgan fingerprint density at radius 1 is 1.76 bits per heavy atom. The molecule has 6 heteroatoms. The van der Waals surface area contributed by atoms with Crippen LogP contribution in [-0.4, -0.2) is 23.6 Å². The first-order chi connectivity index (χ1) is 8.19. The van der Waals surface area contributed by atoms with Gasteiger partial charge in [-0.3, -0.25) is 4.79 Å². The molecule has 0 radical (unpaired) electrons. The van der Waals surface area contributed by atoms with Crippen molar-refractivity contribution in [2.75, 3.05) is 11.9 Å². The average molecular weight is 275 g/mol. The molecule has 2 rings (SSSR count). The number of halogens is 1. The van der Waals surface area contributed by atoms with E-state index in [1.807, 2.05) is 0 Å². The van der Waals surface area contributed by atoms with Crippen LogP contribution in [0, 0.1) is 5.92 Å². The van der Waals surface area contributed by atoms with Crippen molar-refractivity contribution in [1.29, 1.82) is 0 Å². The van der Waals surface area contributed by atoms with Gasteiger partial charge in [0.2, 0.25) is 5.91 Å². The smallest absolute Gasteiger partial charge is 0.229 e. The van der Waals surface area contributed by atoms with Crippen molar-refractivity contribution in [2.24, 2.45) is 5.92 Å². The maximum Gasteiger partial charge on any atom is 0.229 e. The number of ether oxygens (including phenoxy) is 1. The van der Waals surface area contributed by atoms with E-state index in [1.54, 1.807) is 6.20 Å². The summed E-state index contributed by atoms with van der Waals surface area (Å²) in [5, 5.41) is 3.37. The quantitative estimate of drug-likeness (QED) is 0.922. The molecule has 4 nitrogen and oxygen atoms in total. The van der Waals surface area contributed by atoms with Crippen LogP contribution in [0.1, 0.15) is 26.2 Å². The summed E-state index contributed by atoms with van der Waals surface area (Å²) in [4.78, 5) is 16.0. The van der Waals surface area contributed by atoms with Gasteiger partial charge >= 0.3 is 0 Å². The monoisotopic (exact) mass is 274 g/mol. The third-order valence-electron chi connectivity index (χ3n) is 2.90. The third kappa shape index (κ3) is 3.40. The Bertz CT molecular complexity index is 397. The average Bonchev–Trinajstić information content (AvgIpc) is 2.75. The van der Waals surface area contributed by atoms with E-state index in [0.717, 1.165) is 19.3 Å². The number of hydrogen-bond acceptors (Lipinski definition) is 4. The fourth-order valence-corrected chi connectivity index (χ4v) is 2.74. The summed E-state index contributed by atoms with van der Waals surface area (Å²) in [5.74, 6) is 0.0501. The minimum absolute atomic E-state index is 0.0244. The first-order valence-corrected chi connectivity index (χ1v) is 6.92. The summed E-state index contributed by atoms with van der Waals surface area (Å²) in [6.07, 6.45) is 4.27. The van der Waals surface area contributed by atoms with Crippen LogP contribution in [0.5, 0.6) is 0 Å². The highest BCUT2D eigenvalue weighted by Gasteiger charge is 2.27. The van der Waals surface area contributed by atoms with Gasteiger partial charge in [-0.05, 0) is 19.3 Å². The number of aromatic nitrogens is 1. The zero-order chi connectivity index (χ0) is 12.3. The van der Waals surface area contributed by atoms with Gasteiger partial charge in [0.15, 0.2) is 5.13 Å². The second kappa shape index (κ2) is 5.80. The summed E-state index contributed by atoms with van der Waals surface area (Å²) < 4.78 is 6.13. The molecule has 1 aliphatic heterocycles. The summed E-state index contributed by atoms with van der Waals surface area (Å²) in [5.41, 5.74) is 0. The Morgan fingerprint density at radius 3 is 3.24 bits per heavy atom. The van der Waals surface area contributed by atoms with Gasteiger partial charge in [-0.15, -0.1) is 0 Å². The molecule has 2 heterocycles. The Balaban J connectivity index is 1.91. The minimum atomic E-state index is 0.0244.